The van der Waals surface area contributed by atoms with Gasteiger partial charge in [-0.05, 0) is 44.3 Å². The van der Waals surface area contributed by atoms with Gasteiger partial charge in [-0.1, -0.05) is 43.7 Å². The first kappa shape index (κ1) is 16.8. The second-order valence-electron chi connectivity index (χ2n) is 6.08. The van der Waals surface area contributed by atoms with Crippen molar-refractivity contribution >= 4 is 6.03 Å². The normalized spacial score (nSPS) is 17.0. The lowest BCUT2D eigenvalue weighted by atomic mass is 10.0. The Bertz CT molecular complexity index is 429. The van der Waals surface area contributed by atoms with E-state index in [1.165, 1.54) is 24.8 Å². The SMILES string of the molecule is CCCNC(=O)NCC(Cc1ccccc1)N1CCCCC1. The molecule has 4 nitrogen and oxygen atoms in total. The number of benzene rings is 1. The van der Waals surface area contributed by atoms with Crippen LogP contribution >= 0.6 is 0 Å². The van der Waals surface area contributed by atoms with Gasteiger partial charge in [0.2, 0.25) is 0 Å². The molecule has 0 aromatic heterocycles. The molecule has 2 amide bonds. The highest BCUT2D eigenvalue weighted by molar-refractivity contribution is 5.73. The van der Waals surface area contributed by atoms with Crippen LogP contribution in [0.4, 0.5) is 4.79 Å². The van der Waals surface area contributed by atoms with Gasteiger partial charge < -0.3 is 10.6 Å². The van der Waals surface area contributed by atoms with Crippen molar-refractivity contribution < 1.29 is 4.79 Å². The standard InChI is InChI=1S/C18H29N3O/c1-2-11-19-18(22)20-15-17(21-12-7-4-8-13-21)14-16-9-5-3-6-10-16/h3,5-6,9-10,17H,2,4,7-8,11-15H2,1H3,(H2,19,20,22). The Morgan fingerprint density at radius 3 is 2.55 bits per heavy atom. The second-order valence-corrected chi connectivity index (χ2v) is 6.08. The maximum atomic E-state index is 11.8. The predicted molar refractivity (Wildman–Crippen MR) is 91.1 cm³/mol. The van der Waals surface area contributed by atoms with Gasteiger partial charge >= 0.3 is 6.03 Å². The van der Waals surface area contributed by atoms with Crippen molar-refractivity contribution in [3.05, 3.63) is 35.9 Å². The molecule has 0 aliphatic carbocycles. The van der Waals surface area contributed by atoms with Crippen molar-refractivity contribution in [2.24, 2.45) is 0 Å². The molecular weight excluding hydrogens is 274 g/mol. The molecule has 4 heteroatoms. The third-order valence-corrected chi connectivity index (χ3v) is 4.26. The van der Waals surface area contributed by atoms with Gasteiger partial charge in [0, 0.05) is 19.1 Å². The van der Waals surface area contributed by atoms with E-state index in [0.29, 0.717) is 12.6 Å². The van der Waals surface area contributed by atoms with Crippen LogP contribution in [0.15, 0.2) is 30.3 Å². The van der Waals surface area contributed by atoms with Gasteiger partial charge in [0.1, 0.15) is 0 Å². The number of rotatable bonds is 7. The molecule has 0 radical (unpaired) electrons. The first-order chi connectivity index (χ1) is 10.8. The number of piperidine rings is 1. The summed E-state index contributed by atoms with van der Waals surface area (Å²) in [7, 11) is 0. The molecule has 1 unspecified atom stereocenters. The molecule has 1 heterocycles. The van der Waals surface area contributed by atoms with Gasteiger partial charge in [0.05, 0.1) is 0 Å². The minimum atomic E-state index is -0.0445. The summed E-state index contributed by atoms with van der Waals surface area (Å²) in [6, 6.07) is 10.9. The number of likely N-dealkylation sites (tertiary alicyclic amines) is 1. The van der Waals surface area contributed by atoms with E-state index in [-0.39, 0.29) is 6.03 Å². The van der Waals surface area contributed by atoms with Gasteiger partial charge in [0.25, 0.3) is 0 Å². The van der Waals surface area contributed by atoms with Crippen molar-refractivity contribution in [1.82, 2.24) is 15.5 Å². The van der Waals surface area contributed by atoms with E-state index in [1.54, 1.807) is 0 Å². The van der Waals surface area contributed by atoms with E-state index in [9.17, 15) is 4.79 Å². The largest absolute Gasteiger partial charge is 0.338 e. The van der Waals surface area contributed by atoms with Gasteiger partial charge in [-0.2, -0.15) is 0 Å². The van der Waals surface area contributed by atoms with Crippen LogP contribution in [0.3, 0.4) is 0 Å². The fraction of sp³-hybridized carbons (Fsp3) is 0.611. The summed E-state index contributed by atoms with van der Waals surface area (Å²) in [5, 5.41) is 5.93. The molecule has 0 saturated carbocycles. The van der Waals surface area contributed by atoms with Crippen molar-refractivity contribution in [1.29, 1.82) is 0 Å². The van der Waals surface area contributed by atoms with Crippen LogP contribution in [-0.4, -0.2) is 43.2 Å². The molecule has 22 heavy (non-hydrogen) atoms. The molecule has 2 rings (SSSR count). The Balaban J connectivity index is 1.90. The minimum absolute atomic E-state index is 0.0445. The molecule has 1 aromatic rings. The van der Waals surface area contributed by atoms with E-state index in [1.807, 2.05) is 0 Å². The highest BCUT2D eigenvalue weighted by Crippen LogP contribution is 2.15. The molecule has 122 valence electrons. The monoisotopic (exact) mass is 303 g/mol. The van der Waals surface area contributed by atoms with Crippen LogP contribution in [0.1, 0.15) is 38.2 Å². The molecule has 1 aliphatic heterocycles. The molecule has 0 bridgehead atoms. The van der Waals surface area contributed by atoms with Gasteiger partial charge in [-0.3, -0.25) is 4.90 Å². The first-order valence-corrected chi connectivity index (χ1v) is 8.59. The van der Waals surface area contributed by atoms with Crippen molar-refractivity contribution in [2.45, 2.75) is 45.1 Å². The molecule has 1 saturated heterocycles. The number of carbonyl (C=O) groups is 1. The van der Waals surface area contributed by atoms with Crippen LogP contribution in [0.25, 0.3) is 0 Å². The van der Waals surface area contributed by atoms with Crippen LogP contribution in [0, 0.1) is 0 Å². The average Bonchev–Trinajstić information content (AvgIpc) is 2.58. The maximum absolute atomic E-state index is 11.8. The molecule has 0 spiro atoms. The Hall–Kier alpha value is -1.55. The van der Waals surface area contributed by atoms with Gasteiger partial charge in [-0.15, -0.1) is 0 Å². The average molecular weight is 303 g/mol. The number of nitrogens with zero attached hydrogens (tertiary/aromatic N) is 1. The number of hydrogen-bond acceptors (Lipinski definition) is 2. The van der Waals surface area contributed by atoms with Crippen LogP contribution in [0.2, 0.25) is 0 Å². The van der Waals surface area contributed by atoms with Crippen LogP contribution in [-0.2, 0) is 6.42 Å². The third-order valence-electron chi connectivity index (χ3n) is 4.26. The Morgan fingerprint density at radius 2 is 1.86 bits per heavy atom. The second kappa shape index (κ2) is 9.46. The van der Waals surface area contributed by atoms with Crippen LogP contribution < -0.4 is 10.6 Å². The summed E-state index contributed by atoms with van der Waals surface area (Å²) >= 11 is 0. The molecule has 1 aromatic carbocycles. The Kier molecular flexibility index (Phi) is 7.23. The number of amides is 2. The number of nitrogens with one attached hydrogen (secondary N) is 2. The zero-order chi connectivity index (χ0) is 15.6. The van der Waals surface area contributed by atoms with Crippen molar-refractivity contribution in [3.63, 3.8) is 0 Å². The van der Waals surface area contributed by atoms with E-state index in [0.717, 1.165) is 32.5 Å². The quantitative estimate of drug-likeness (QED) is 0.813. The lowest BCUT2D eigenvalue weighted by Gasteiger charge is -2.35. The van der Waals surface area contributed by atoms with E-state index >= 15 is 0 Å². The Morgan fingerprint density at radius 1 is 1.14 bits per heavy atom. The topological polar surface area (TPSA) is 44.4 Å². The predicted octanol–water partition coefficient (Wildman–Crippen LogP) is 2.79. The summed E-state index contributed by atoms with van der Waals surface area (Å²) in [6.07, 6.45) is 5.83. The van der Waals surface area contributed by atoms with E-state index in [4.69, 9.17) is 0 Å². The summed E-state index contributed by atoms with van der Waals surface area (Å²) in [4.78, 5) is 14.3. The summed E-state index contributed by atoms with van der Waals surface area (Å²) in [5.41, 5.74) is 1.34. The van der Waals surface area contributed by atoms with Crippen molar-refractivity contribution in [3.8, 4) is 0 Å². The highest BCUT2D eigenvalue weighted by Gasteiger charge is 2.21. The summed E-state index contributed by atoms with van der Waals surface area (Å²) in [6.45, 7) is 5.81. The van der Waals surface area contributed by atoms with Crippen LogP contribution in [0.5, 0.6) is 0 Å². The highest BCUT2D eigenvalue weighted by atomic mass is 16.2. The Labute approximate surface area is 134 Å². The van der Waals surface area contributed by atoms with E-state index in [2.05, 4.69) is 52.8 Å². The zero-order valence-corrected chi connectivity index (χ0v) is 13.7. The zero-order valence-electron chi connectivity index (χ0n) is 13.7. The number of carbonyl (C=O) groups excluding carboxylic acids is 1. The smallest absolute Gasteiger partial charge is 0.314 e. The molecule has 2 N–H and O–H groups in total. The third kappa shape index (κ3) is 5.68. The summed E-state index contributed by atoms with van der Waals surface area (Å²) in [5.74, 6) is 0. The van der Waals surface area contributed by atoms with Gasteiger partial charge in [-0.25, -0.2) is 4.79 Å². The number of hydrogen-bond donors (Lipinski definition) is 2. The lowest BCUT2D eigenvalue weighted by Crippen LogP contribution is -2.49. The fourth-order valence-corrected chi connectivity index (χ4v) is 3.01. The summed E-state index contributed by atoms with van der Waals surface area (Å²) < 4.78 is 0. The number of urea groups is 1. The lowest BCUT2D eigenvalue weighted by molar-refractivity contribution is 0.158. The van der Waals surface area contributed by atoms with Gasteiger partial charge in [0.15, 0.2) is 0 Å². The molecular formula is C18H29N3O. The minimum Gasteiger partial charge on any atom is -0.338 e. The molecule has 1 aliphatic rings. The molecule has 1 atom stereocenters. The maximum Gasteiger partial charge on any atom is 0.314 e. The first-order valence-electron chi connectivity index (χ1n) is 8.59. The fourth-order valence-electron chi connectivity index (χ4n) is 3.01. The van der Waals surface area contributed by atoms with E-state index < -0.39 is 0 Å². The molecule has 1 fully saturated rings. The van der Waals surface area contributed by atoms with Crippen molar-refractivity contribution in [2.75, 3.05) is 26.2 Å².